The van der Waals surface area contributed by atoms with Gasteiger partial charge in [-0.05, 0) is 53.1 Å². The predicted molar refractivity (Wildman–Crippen MR) is 113 cm³/mol. The Morgan fingerprint density at radius 1 is 0.862 bits per heavy atom. The maximum Gasteiger partial charge on any atom is 0.127 e. The van der Waals surface area contributed by atoms with Gasteiger partial charge < -0.3 is 14.2 Å². The summed E-state index contributed by atoms with van der Waals surface area (Å²) in [6.07, 6.45) is 0. The fourth-order valence-electron chi connectivity index (χ4n) is 2.94. The molecule has 3 aromatic carbocycles. The van der Waals surface area contributed by atoms with E-state index in [9.17, 15) is 4.39 Å². The van der Waals surface area contributed by atoms with Crippen molar-refractivity contribution in [2.45, 2.75) is 19.1 Å². The van der Waals surface area contributed by atoms with Crippen molar-refractivity contribution in [1.82, 2.24) is 0 Å². The number of halogens is 2. The molecule has 3 nitrogen and oxygen atoms in total. The highest BCUT2D eigenvalue weighted by molar-refractivity contribution is 6.30. The van der Waals surface area contributed by atoms with Gasteiger partial charge in [0.15, 0.2) is 0 Å². The van der Waals surface area contributed by atoms with Gasteiger partial charge in [0.1, 0.15) is 11.5 Å². The number of benzene rings is 3. The van der Waals surface area contributed by atoms with E-state index in [4.69, 9.17) is 25.8 Å². The second-order valence-corrected chi connectivity index (χ2v) is 7.18. The molecule has 0 fully saturated rings. The van der Waals surface area contributed by atoms with E-state index in [1.165, 1.54) is 0 Å². The SMILES string of the molecule is COCc1ccc(C(CF)COCc2cccc(Oc3ccc(Cl)cc3)c2)cc1. The third kappa shape index (κ3) is 6.57. The van der Waals surface area contributed by atoms with Gasteiger partial charge >= 0.3 is 0 Å². The summed E-state index contributed by atoms with van der Waals surface area (Å²) in [5, 5.41) is 0.662. The van der Waals surface area contributed by atoms with Crippen molar-refractivity contribution < 1.29 is 18.6 Å². The Labute approximate surface area is 176 Å². The topological polar surface area (TPSA) is 27.7 Å². The van der Waals surface area contributed by atoms with Crippen LogP contribution in [0.3, 0.4) is 0 Å². The minimum Gasteiger partial charge on any atom is -0.457 e. The normalized spacial score (nSPS) is 12.0. The van der Waals surface area contributed by atoms with Gasteiger partial charge in [-0.1, -0.05) is 48.0 Å². The average Bonchev–Trinajstić information content (AvgIpc) is 2.74. The van der Waals surface area contributed by atoms with Crippen LogP contribution in [0.1, 0.15) is 22.6 Å². The first kappa shape index (κ1) is 21.3. The monoisotopic (exact) mass is 414 g/mol. The number of alkyl halides is 1. The molecule has 0 bridgehead atoms. The summed E-state index contributed by atoms with van der Waals surface area (Å²) in [6.45, 7) is 0.771. The highest BCUT2D eigenvalue weighted by Crippen LogP contribution is 2.24. The van der Waals surface area contributed by atoms with Gasteiger partial charge in [0, 0.05) is 18.1 Å². The first-order chi connectivity index (χ1) is 14.2. The fourth-order valence-corrected chi connectivity index (χ4v) is 3.07. The Hall–Kier alpha value is -2.40. The summed E-state index contributed by atoms with van der Waals surface area (Å²) in [7, 11) is 1.65. The van der Waals surface area contributed by atoms with Crippen LogP contribution in [0.2, 0.25) is 5.02 Å². The third-order valence-electron chi connectivity index (χ3n) is 4.48. The highest BCUT2D eigenvalue weighted by Gasteiger charge is 2.12. The number of rotatable bonds is 10. The second kappa shape index (κ2) is 11.0. The van der Waals surface area contributed by atoms with Crippen molar-refractivity contribution in [3.8, 4) is 11.5 Å². The van der Waals surface area contributed by atoms with Gasteiger partial charge in [0.2, 0.25) is 0 Å². The van der Waals surface area contributed by atoms with E-state index in [0.717, 1.165) is 16.7 Å². The van der Waals surface area contributed by atoms with Gasteiger partial charge in [0.25, 0.3) is 0 Å². The van der Waals surface area contributed by atoms with Gasteiger partial charge in [-0.15, -0.1) is 0 Å². The first-order valence-corrected chi connectivity index (χ1v) is 9.79. The zero-order valence-corrected chi connectivity index (χ0v) is 17.1. The molecule has 1 unspecified atom stereocenters. The molecule has 152 valence electrons. The molecule has 0 radical (unpaired) electrons. The van der Waals surface area contributed by atoms with Crippen LogP contribution in [-0.4, -0.2) is 20.4 Å². The molecule has 0 spiro atoms. The molecule has 29 heavy (non-hydrogen) atoms. The van der Waals surface area contributed by atoms with Crippen molar-refractivity contribution >= 4 is 11.6 Å². The maximum atomic E-state index is 13.5. The molecule has 0 amide bonds. The number of hydrogen-bond donors (Lipinski definition) is 0. The average molecular weight is 415 g/mol. The Balaban J connectivity index is 1.54. The predicted octanol–water partition coefficient (Wildman–Crippen LogP) is 6.55. The summed E-state index contributed by atoms with van der Waals surface area (Å²) in [5.74, 6) is 1.13. The lowest BCUT2D eigenvalue weighted by atomic mass is 10.00. The van der Waals surface area contributed by atoms with E-state index >= 15 is 0 Å². The van der Waals surface area contributed by atoms with Crippen LogP contribution in [0.5, 0.6) is 11.5 Å². The quantitative estimate of drug-likeness (QED) is 0.376. The second-order valence-electron chi connectivity index (χ2n) is 6.74. The lowest BCUT2D eigenvalue weighted by Gasteiger charge is -2.15. The Bertz CT molecular complexity index is 881. The van der Waals surface area contributed by atoms with Crippen molar-refractivity contribution in [3.05, 3.63) is 94.5 Å². The maximum absolute atomic E-state index is 13.5. The molecule has 0 saturated heterocycles. The first-order valence-electron chi connectivity index (χ1n) is 9.42. The number of hydrogen-bond acceptors (Lipinski definition) is 3. The van der Waals surface area contributed by atoms with Crippen LogP contribution in [-0.2, 0) is 22.7 Å². The lowest BCUT2D eigenvalue weighted by Crippen LogP contribution is -2.10. The Morgan fingerprint density at radius 2 is 1.62 bits per heavy atom. The van der Waals surface area contributed by atoms with Gasteiger partial charge in [-0.3, -0.25) is 4.39 Å². The smallest absolute Gasteiger partial charge is 0.127 e. The summed E-state index contributed by atoms with van der Waals surface area (Å²) in [6, 6.07) is 22.6. The van der Waals surface area contributed by atoms with Crippen LogP contribution in [0.4, 0.5) is 4.39 Å². The molecule has 0 aliphatic rings. The lowest BCUT2D eigenvalue weighted by molar-refractivity contribution is 0.0998. The summed E-state index contributed by atoms with van der Waals surface area (Å²) in [4.78, 5) is 0. The van der Waals surface area contributed by atoms with Crippen LogP contribution < -0.4 is 4.74 Å². The van der Waals surface area contributed by atoms with Crippen LogP contribution in [0.15, 0.2) is 72.8 Å². The Morgan fingerprint density at radius 3 is 2.31 bits per heavy atom. The zero-order chi connectivity index (χ0) is 20.5. The van der Waals surface area contributed by atoms with E-state index in [-0.39, 0.29) is 5.92 Å². The molecular weight excluding hydrogens is 391 g/mol. The largest absolute Gasteiger partial charge is 0.457 e. The highest BCUT2D eigenvalue weighted by atomic mass is 35.5. The van der Waals surface area contributed by atoms with Gasteiger partial charge in [0.05, 0.1) is 26.5 Å². The van der Waals surface area contributed by atoms with Crippen molar-refractivity contribution in [2.24, 2.45) is 0 Å². The van der Waals surface area contributed by atoms with Crippen LogP contribution in [0, 0.1) is 0 Å². The van der Waals surface area contributed by atoms with E-state index in [0.29, 0.717) is 36.3 Å². The molecule has 5 heteroatoms. The molecule has 0 heterocycles. The molecule has 3 rings (SSSR count). The van der Waals surface area contributed by atoms with E-state index in [1.807, 2.05) is 60.7 Å². The molecule has 0 aliphatic heterocycles. The summed E-state index contributed by atoms with van der Waals surface area (Å²) < 4.78 is 30.3. The van der Waals surface area contributed by atoms with E-state index in [1.54, 1.807) is 19.2 Å². The molecule has 0 aliphatic carbocycles. The Kier molecular flexibility index (Phi) is 8.05. The standard InChI is InChI=1S/C24H24ClFO3/c1-27-15-18-5-7-20(8-6-18)21(14-26)17-28-16-19-3-2-4-24(13-19)29-23-11-9-22(25)10-12-23/h2-13,21H,14-17H2,1H3. The van der Waals surface area contributed by atoms with Crippen LogP contribution >= 0.6 is 11.6 Å². The number of methoxy groups -OCH3 is 1. The van der Waals surface area contributed by atoms with Gasteiger partial charge in [-0.2, -0.15) is 0 Å². The van der Waals surface area contributed by atoms with E-state index in [2.05, 4.69) is 0 Å². The summed E-state index contributed by atoms with van der Waals surface area (Å²) >= 11 is 5.90. The molecule has 3 aromatic rings. The van der Waals surface area contributed by atoms with E-state index < -0.39 is 6.67 Å². The van der Waals surface area contributed by atoms with Crippen molar-refractivity contribution in [1.29, 1.82) is 0 Å². The van der Waals surface area contributed by atoms with Gasteiger partial charge in [-0.25, -0.2) is 0 Å². The van der Waals surface area contributed by atoms with Crippen LogP contribution in [0.25, 0.3) is 0 Å². The molecule has 0 saturated carbocycles. The van der Waals surface area contributed by atoms with Crippen molar-refractivity contribution in [2.75, 3.05) is 20.4 Å². The van der Waals surface area contributed by atoms with Crippen molar-refractivity contribution in [3.63, 3.8) is 0 Å². The molecular formula is C24H24ClFO3. The minimum absolute atomic E-state index is 0.292. The fraction of sp³-hybridized carbons (Fsp3) is 0.250. The molecule has 0 aromatic heterocycles. The minimum atomic E-state index is -0.469. The number of ether oxygens (including phenoxy) is 3. The molecule has 1 atom stereocenters. The molecule has 0 N–H and O–H groups in total. The zero-order valence-electron chi connectivity index (χ0n) is 16.3. The third-order valence-corrected chi connectivity index (χ3v) is 4.74. The summed E-state index contributed by atoms with van der Waals surface area (Å²) in [5.41, 5.74) is 2.95.